The Hall–Kier alpha value is -1.46. The topological polar surface area (TPSA) is 46.0 Å². The molecule has 2 aliphatic rings. The summed E-state index contributed by atoms with van der Waals surface area (Å²) in [5, 5.41) is 3.40. The zero-order chi connectivity index (χ0) is 12.7. The number of aromatic nitrogens is 3. The smallest absolute Gasteiger partial charge is 0.160 e. The highest BCUT2D eigenvalue weighted by Gasteiger charge is 2.29. The van der Waals surface area contributed by atoms with Crippen LogP contribution in [0.4, 0.5) is 0 Å². The highest BCUT2D eigenvalue weighted by Crippen LogP contribution is 2.38. The molecular formula is C14H19N5. The van der Waals surface area contributed by atoms with E-state index in [4.69, 9.17) is 4.98 Å². The second-order valence-electron chi connectivity index (χ2n) is 5.50. The molecule has 4 rings (SSSR count). The molecule has 19 heavy (non-hydrogen) atoms. The van der Waals surface area contributed by atoms with E-state index >= 15 is 0 Å². The summed E-state index contributed by atoms with van der Waals surface area (Å²) in [6.45, 7) is 5.35. The minimum atomic E-state index is 0.637. The first kappa shape index (κ1) is 11.4. The quantitative estimate of drug-likeness (QED) is 0.896. The van der Waals surface area contributed by atoms with Gasteiger partial charge in [0.15, 0.2) is 5.65 Å². The average molecular weight is 257 g/mol. The molecule has 0 unspecified atom stereocenters. The summed E-state index contributed by atoms with van der Waals surface area (Å²) < 4.78 is 2.37. The molecule has 100 valence electrons. The Kier molecular flexibility index (Phi) is 2.74. The van der Waals surface area contributed by atoms with Crippen LogP contribution in [0.5, 0.6) is 0 Å². The van der Waals surface area contributed by atoms with Crippen LogP contribution in [-0.2, 0) is 6.54 Å². The van der Waals surface area contributed by atoms with Gasteiger partial charge in [-0.25, -0.2) is 9.97 Å². The van der Waals surface area contributed by atoms with Crippen molar-refractivity contribution in [1.29, 1.82) is 0 Å². The highest BCUT2D eigenvalue weighted by molar-refractivity contribution is 5.71. The van der Waals surface area contributed by atoms with Gasteiger partial charge in [0, 0.05) is 38.4 Å². The van der Waals surface area contributed by atoms with Gasteiger partial charge in [-0.1, -0.05) is 0 Å². The summed E-state index contributed by atoms with van der Waals surface area (Å²) >= 11 is 0. The van der Waals surface area contributed by atoms with Gasteiger partial charge in [-0.15, -0.1) is 0 Å². The van der Waals surface area contributed by atoms with E-state index in [9.17, 15) is 0 Å². The zero-order valence-electron chi connectivity index (χ0n) is 11.0. The van der Waals surface area contributed by atoms with Crippen molar-refractivity contribution in [2.75, 3.05) is 26.2 Å². The van der Waals surface area contributed by atoms with E-state index in [1.165, 1.54) is 18.7 Å². The molecule has 5 heteroatoms. The largest absolute Gasteiger partial charge is 0.314 e. The Labute approximate surface area is 112 Å². The standard InChI is InChI=1S/C14H19N5/c1-2-12-14(16-5-1)19(11-3-4-11)13(17-12)10-18-8-6-15-7-9-18/h1-2,5,11,15H,3-4,6-10H2. The van der Waals surface area contributed by atoms with E-state index < -0.39 is 0 Å². The van der Waals surface area contributed by atoms with Gasteiger partial charge in [0.25, 0.3) is 0 Å². The monoisotopic (exact) mass is 257 g/mol. The van der Waals surface area contributed by atoms with E-state index in [0.29, 0.717) is 6.04 Å². The lowest BCUT2D eigenvalue weighted by molar-refractivity contribution is 0.225. The van der Waals surface area contributed by atoms with Crippen LogP contribution >= 0.6 is 0 Å². The average Bonchev–Trinajstić information content (AvgIpc) is 3.21. The number of fused-ring (bicyclic) bond motifs is 1. The van der Waals surface area contributed by atoms with E-state index in [0.717, 1.165) is 43.9 Å². The summed E-state index contributed by atoms with van der Waals surface area (Å²) in [5.74, 6) is 1.19. The van der Waals surface area contributed by atoms with Crippen molar-refractivity contribution < 1.29 is 0 Å². The number of imidazole rings is 1. The second kappa shape index (κ2) is 4.58. The van der Waals surface area contributed by atoms with Crippen molar-refractivity contribution >= 4 is 11.2 Å². The lowest BCUT2D eigenvalue weighted by Crippen LogP contribution is -2.43. The number of pyridine rings is 1. The summed E-state index contributed by atoms with van der Waals surface area (Å²) in [7, 11) is 0. The van der Waals surface area contributed by atoms with Crippen molar-refractivity contribution in [2.45, 2.75) is 25.4 Å². The molecular weight excluding hydrogens is 238 g/mol. The molecule has 0 amide bonds. The van der Waals surface area contributed by atoms with Crippen LogP contribution < -0.4 is 5.32 Å². The predicted molar refractivity (Wildman–Crippen MR) is 73.9 cm³/mol. The number of nitrogens with zero attached hydrogens (tertiary/aromatic N) is 4. The van der Waals surface area contributed by atoms with Crippen LogP contribution in [0.2, 0.25) is 0 Å². The van der Waals surface area contributed by atoms with Crippen LogP contribution in [0.25, 0.3) is 11.2 Å². The molecule has 1 saturated heterocycles. The van der Waals surface area contributed by atoms with Gasteiger partial charge in [0.05, 0.1) is 6.54 Å². The molecule has 0 atom stereocenters. The summed E-state index contributed by atoms with van der Waals surface area (Å²) in [4.78, 5) is 11.8. The summed E-state index contributed by atoms with van der Waals surface area (Å²) in [6, 6.07) is 4.68. The maximum absolute atomic E-state index is 4.81. The fraction of sp³-hybridized carbons (Fsp3) is 0.571. The van der Waals surface area contributed by atoms with Crippen LogP contribution in [0, 0.1) is 0 Å². The molecule has 1 N–H and O–H groups in total. The number of nitrogens with one attached hydrogen (secondary N) is 1. The SMILES string of the molecule is c1cnc2c(c1)nc(CN1CCNCC1)n2C1CC1. The number of rotatable bonds is 3. The van der Waals surface area contributed by atoms with Gasteiger partial charge in [0.2, 0.25) is 0 Å². The third-order valence-electron chi connectivity index (χ3n) is 4.01. The second-order valence-corrected chi connectivity index (χ2v) is 5.50. The molecule has 0 spiro atoms. The minimum absolute atomic E-state index is 0.637. The molecule has 2 aromatic rings. The maximum atomic E-state index is 4.81. The van der Waals surface area contributed by atoms with Crippen molar-refractivity contribution in [3.8, 4) is 0 Å². The molecule has 1 aliphatic heterocycles. The van der Waals surface area contributed by atoms with Gasteiger partial charge >= 0.3 is 0 Å². The molecule has 1 aliphatic carbocycles. The fourth-order valence-corrected chi connectivity index (χ4v) is 2.87. The molecule has 1 saturated carbocycles. The molecule has 3 heterocycles. The number of hydrogen-bond donors (Lipinski definition) is 1. The molecule has 2 fully saturated rings. The Morgan fingerprint density at radius 1 is 1.26 bits per heavy atom. The van der Waals surface area contributed by atoms with Gasteiger partial charge in [0.1, 0.15) is 11.3 Å². The first-order chi connectivity index (χ1) is 9.42. The normalized spacial score (nSPS) is 21.1. The first-order valence-electron chi connectivity index (χ1n) is 7.17. The summed E-state index contributed by atoms with van der Waals surface area (Å²) in [5.41, 5.74) is 2.11. The van der Waals surface area contributed by atoms with Gasteiger partial charge in [-0.3, -0.25) is 4.90 Å². The van der Waals surface area contributed by atoms with Crippen molar-refractivity contribution in [3.05, 3.63) is 24.2 Å². The molecule has 0 bridgehead atoms. The van der Waals surface area contributed by atoms with E-state index in [1.54, 1.807) is 0 Å². The Bertz CT molecular complexity index is 581. The Morgan fingerprint density at radius 2 is 2.11 bits per heavy atom. The van der Waals surface area contributed by atoms with Crippen LogP contribution in [0.3, 0.4) is 0 Å². The summed E-state index contributed by atoms with van der Waals surface area (Å²) in [6.07, 6.45) is 4.42. The van der Waals surface area contributed by atoms with Crippen LogP contribution in [0.1, 0.15) is 24.7 Å². The Morgan fingerprint density at radius 3 is 2.89 bits per heavy atom. The third kappa shape index (κ3) is 2.13. The molecule has 0 radical (unpaired) electrons. The Balaban J connectivity index is 1.69. The van der Waals surface area contributed by atoms with Crippen LogP contribution in [-0.4, -0.2) is 45.6 Å². The lowest BCUT2D eigenvalue weighted by Gasteiger charge is -2.26. The highest BCUT2D eigenvalue weighted by atomic mass is 15.2. The fourth-order valence-electron chi connectivity index (χ4n) is 2.87. The molecule has 2 aromatic heterocycles. The predicted octanol–water partition coefficient (Wildman–Crippen LogP) is 1.17. The maximum Gasteiger partial charge on any atom is 0.160 e. The first-order valence-corrected chi connectivity index (χ1v) is 7.17. The van der Waals surface area contributed by atoms with Crippen molar-refractivity contribution in [1.82, 2.24) is 24.8 Å². The van der Waals surface area contributed by atoms with E-state index in [2.05, 4.69) is 25.8 Å². The molecule has 5 nitrogen and oxygen atoms in total. The van der Waals surface area contributed by atoms with Crippen LogP contribution in [0.15, 0.2) is 18.3 Å². The minimum Gasteiger partial charge on any atom is -0.314 e. The van der Waals surface area contributed by atoms with Gasteiger partial charge < -0.3 is 9.88 Å². The third-order valence-corrected chi connectivity index (χ3v) is 4.01. The number of hydrogen-bond acceptors (Lipinski definition) is 4. The number of piperazine rings is 1. The van der Waals surface area contributed by atoms with E-state index in [1.807, 2.05) is 12.3 Å². The zero-order valence-corrected chi connectivity index (χ0v) is 11.0. The van der Waals surface area contributed by atoms with Crippen molar-refractivity contribution in [3.63, 3.8) is 0 Å². The van der Waals surface area contributed by atoms with E-state index in [-0.39, 0.29) is 0 Å². The molecule has 0 aromatic carbocycles. The van der Waals surface area contributed by atoms with Gasteiger partial charge in [-0.2, -0.15) is 0 Å². The lowest BCUT2D eigenvalue weighted by atomic mass is 10.3. The van der Waals surface area contributed by atoms with Crippen molar-refractivity contribution in [2.24, 2.45) is 0 Å². The van der Waals surface area contributed by atoms with Gasteiger partial charge in [-0.05, 0) is 25.0 Å².